The zero-order valence-electron chi connectivity index (χ0n) is 17.9. The van der Waals surface area contributed by atoms with Crippen LogP contribution < -0.4 is 4.74 Å². The maximum atomic E-state index is 12.8. The molecule has 1 saturated heterocycles. The van der Waals surface area contributed by atoms with Crippen LogP contribution >= 0.6 is 23.4 Å². The molecule has 0 unspecified atom stereocenters. The zero-order valence-corrected chi connectivity index (χ0v) is 19.5. The minimum atomic E-state index is -0.0115. The second-order valence-electron chi connectivity index (χ2n) is 7.79. The van der Waals surface area contributed by atoms with Crippen molar-refractivity contribution in [1.82, 2.24) is 19.9 Å². The van der Waals surface area contributed by atoms with E-state index in [1.165, 1.54) is 0 Å². The van der Waals surface area contributed by atoms with Gasteiger partial charge in [-0.25, -0.2) is 9.97 Å². The van der Waals surface area contributed by atoms with Gasteiger partial charge < -0.3 is 9.64 Å². The number of carbonyl (C=O) groups is 1. The van der Waals surface area contributed by atoms with Gasteiger partial charge in [-0.15, -0.1) is 0 Å². The normalized spacial score (nSPS) is 16.1. The molecule has 1 aliphatic rings. The maximum absolute atomic E-state index is 12.8. The molecular weight excluding hydrogens is 444 g/mol. The third-order valence-corrected chi connectivity index (χ3v) is 6.60. The molecule has 166 valence electrons. The number of nitrogens with zero attached hydrogens (tertiary/aromatic N) is 4. The first kappa shape index (κ1) is 22.6. The molecule has 2 aromatic heterocycles. The highest BCUT2D eigenvalue weighted by atomic mass is 35.5. The number of hydrogen-bond acceptors (Lipinski definition) is 6. The fourth-order valence-corrected chi connectivity index (χ4v) is 4.63. The van der Waals surface area contributed by atoms with Crippen molar-refractivity contribution < 1.29 is 9.53 Å². The first-order valence-corrected chi connectivity index (χ1v) is 12.0. The molecule has 32 heavy (non-hydrogen) atoms. The molecule has 1 atom stereocenters. The number of halogens is 1. The number of piperidine rings is 1. The van der Waals surface area contributed by atoms with E-state index in [0.29, 0.717) is 17.3 Å². The van der Waals surface area contributed by atoms with Crippen LogP contribution in [0.4, 0.5) is 0 Å². The number of rotatable bonds is 7. The minimum Gasteiger partial charge on any atom is -0.484 e. The lowest BCUT2D eigenvalue weighted by Gasteiger charge is -2.33. The molecule has 6 nitrogen and oxygen atoms in total. The Bertz CT molecular complexity index is 1050. The summed E-state index contributed by atoms with van der Waals surface area (Å²) in [5.41, 5.74) is 3.23. The van der Waals surface area contributed by atoms with Crippen molar-refractivity contribution in [3.63, 3.8) is 0 Å². The second kappa shape index (κ2) is 10.8. The Morgan fingerprint density at radius 2 is 2.09 bits per heavy atom. The highest BCUT2D eigenvalue weighted by molar-refractivity contribution is 7.98. The van der Waals surface area contributed by atoms with E-state index in [0.717, 1.165) is 47.1 Å². The first-order valence-electron chi connectivity index (χ1n) is 10.6. The molecule has 0 bridgehead atoms. The lowest BCUT2D eigenvalue weighted by molar-refractivity contribution is -0.134. The zero-order chi connectivity index (χ0) is 22.3. The fourth-order valence-electron chi connectivity index (χ4n) is 3.75. The summed E-state index contributed by atoms with van der Waals surface area (Å²) in [6.07, 6.45) is 7.47. The van der Waals surface area contributed by atoms with Gasteiger partial charge in [-0.05, 0) is 61.2 Å². The molecule has 3 heterocycles. The third-order valence-electron chi connectivity index (χ3n) is 5.42. The lowest BCUT2D eigenvalue weighted by Crippen LogP contribution is -2.41. The van der Waals surface area contributed by atoms with E-state index < -0.39 is 0 Å². The van der Waals surface area contributed by atoms with E-state index in [1.54, 1.807) is 42.2 Å². The van der Waals surface area contributed by atoms with Crippen LogP contribution in [0.15, 0.2) is 60.1 Å². The third kappa shape index (κ3) is 5.99. The SMILES string of the molecule is Cc1cnc(SCc2cccnc2)nc1[C@H]1CCCN(C(=O)COc2ccc(Cl)cc2)C1. The number of likely N-dealkylation sites (tertiary alicyclic amines) is 1. The van der Waals surface area contributed by atoms with Gasteiger partial charge in [0.15, 0.2) is 11.8 Å². The van der Waals surface area contributed by atoms with Crippen molar-refractivity contribution in [2.24, 2.45) is 0 Å². The van der Waals surface area contributed by atoms with Crippen LogP contribution in [0.2, 0.25) is 5.02 Å². The van der Waals surface area contributed by atoms with Crippen LogP contribution in [0.1, 0.15) is 35.6 Å². The van der Waals surface area contributed by atoms with Crippen molar-refractivity contribution in [1.29, 1.82) is 0 Å². The molecule has 1 amide bonds. The van der Waals surface area contributed by atoms with E-state index in [2.05, 4.69) is 9.97 Å². The standard InChI is InChI=1S/C24H25ClN4O2S/c1-17-12-27-24(32-16-18-4-2-10-26-13-18)28-23(17)19-5-3-11-29(14-19)22(30)15-31-21-8-6-20(25)7-9-21/h2,4,6-10,12-13,19H,3,5,11,14-16H2,1H3/t19-/m0/s1. The van der Waals surface area contributed by atoms with Gasteiger partial charge in [0.2, 0.25) is 0 Å². The number of pyridine rings is 1. The van der Waals surface area contributed by atoms with E-state index in [1.807, 2.05) is 36.4 Å². The van der Waals surface area contributed by atoms with Crippen LogP contribution in [-0.4, -0.2) is 45.5 Å². The second-order valence-corrected chi connectivity index (χ2v) is 9.17. The number of thioether (sulfide) groups is 1. The van der Waals surface area contributed by atoms with Crippen molar-refractivity contribution in [2.75, 3.05) is 19.7 Å². The minimum absolute atomic E-state index is 0.0115. The fraction of sp³-hybridized carbons (Fsp3) is 0.333. The van der Waals surface area contributed by atoms with Crippen LogP contribution in [-0.2, 0) is 10.5 Å². The summed E-state index contributed by atoms with van der Waals surface area (Å²) in [5, 5.41) is 1.39. The van der Waals surface area contributed by atoms with Crippen molar-refractivity contribution in [2.45, 2.75) is 36.6 Å². The Balaban J connectivity index is 1.37. The van der Waals surface area contributed by atoms with Gasteiger partial charge in [0.1, 0.15) is 5.75 Å². The molecule has 4 rings (SSSR count). The summed E-state index contributed by atoms with van der Waals surface area (Å²) < 4.78 is 5.65. The Labute approximate surface area is 197 Å². The molecule has 1 aromatic carbocycles. The van der Waals surface area contributed by atoms with Crippen LogP contribution in [0.25, 0.3) is 0 Å². The van der Waals surface area contributed by atoms with Crippen LogP contribution in [0, 0.1) is 6.92 Å². The highest BCUT2D eigenvalue weighted by Crippen LogP contribution is 2.29. The Hall–Kier alpha value is -2.64. The first-order chi connectivity index (χ1) is 15.6. The molecule has 0 spiro atoms. The van der Waals surface area contributed by atoms with E-state index in [-0.39, 0.29) is 18.4 Å². The number of carbonyl (C=O) groups excluding carboxylic acids is 1. The van der Waals surface area contributed by atoms with Gasteiger partial charge in [-0.3, -0.25) is 9.78 Å². The summed E-state index contributed by atoms with van der Waals surface area (Å²) >= 11 is 7.50. The summed E-state index contributed by atoms with van der Waals surface area (Å²) in [6.45, 7) is 3.44. The van der Waals surface area contributed by atoms with Gasteiger partial charge >= 0.3 is 0 Å². The lowest BCUT2D eigenvalue weighted by atomic mass is 9.92. The molecule has 3 aromatic rings. The number of ether oxygens (including phenoxy) is 1. The van der Waals surface area contributed by atoms with Gasteiger partial charge in [-0.1, -0.05) is 29.4 Å². The predicted molar refractivity (Wildman–Crippen MR) is 126 cm³/mol. The van der Waals surface area contributed by atoms with E-state index in [9.17, 15) is 4.79 Å². The Kier molecular flexibility index (Phi) is 7.60. The molecule has 0 N–H and O–H groups in total. The molecule has 8 heteroatoms. The molecule has 0 saturated carbocycles. The monoisotopic (exact) mass is 468 g/mol. The van der Waals surface area contributed by atoms with Gasteiger partial charge in [-0.2, -0.15) is 0 Å². The van der Waals surface area contributed by atoms with Crippen LogP contribution in [0.3, 0.4) is 0 Å². The molecule has 1 aliphatic heterocycles. The summed E-state index contributed by atoms with van der Waals surface area (Å²) in [7, 11) is 0. The smallest absolute Gasteiger partial charge is 0.260 e. The Morgan fingerprint density at radius 1 is 1.25 bits per heavy atom. The van der Waals surface area contributed by atoms with E-state index >= 15 is 0 Å². The van der Waals surface area contributed by atoms with Gasteiger partial charge in [0.25, 0.3) is 5.91 Å². The number of benzene rings is 1. The van der Waals surface area contributed by atoms with E-state index in [4.69, 9.17) is 21.3 Å². The maximum Gasteiger partial charge on any atom is 0.260 e. The number of hydrogen-bond donors (Lipinski definition) is 0. The molecular formula is C24H25ClN4O2S. The highest BCUT2D eigenvalue weighted by Gasteiger charge is 2.27. The number of aryl methyl sites for hydroxylation is 1. The number of amides is 1. The topological polar surface area (TPSA) is 68.2 Å². The summed E-state index contributed by atoms with van der Waals surface area (Å²) in [5.74, 6) is 1.60. The van der Waals surface area contributed by atoms with Gasteiger partial charge in [0.05, 0.1) is 5.69 Å². The molecule has 1 fully saturated rings. The average molecular weight is 469 g/mol. The molecule has 0 aliphatic carbocycles. The van der Waals surface area contributed by atoms with Gasteiger partial charge in [0, 0.05) is 48.4 Å². The predicted octanol–water partition coefficient (Wildman–Crippen LogP) is 4.91. The summed E-state index contributed by atoms with van der Waals surface area (Å²) in [6, 6.07) is 11.0. The quantitative estimate of drug-likeness (QED) is 0.362. The van der Waals surface area contributed by atoms with Crippen molar-refractivity contribution >= 4 is 29.3 Å². The summed E-state index contributed by atoms with van der Waals surface area (Å²) in [4.78, 5) is 28.1. The average Bonchev–Trinajstić information content (AvgIpc) is 2.83. The number of aromatic nitrogens is 3. The van der Waals surface area contributed by atoms with Crippen molar-refractivity contribution in [3.8, 4) is 5.75 Å². The van der Waals surface area contributed by atoms with Crippen molar-refractivity contribution in [3.05, 3.63) is 76.8 Å². The molecule has 0 radical (unpaired) electrons. The van der Waals surface area contributed by atoms with Crippen LogP contribution in [0.5, 0.6) is 5.75 Å². The largest absolute Gasteiger partial charge is 0.484 e. The Morgan fingerprint density at radius 3 is 2.88 bits per heavy atom.